The van der Waals surface area contributed by atoms with E-state index in [-0.39, 0.29) is 0 Å². The quantitative estimate of drug-likeness (QED) is 0.745. The number of Topliss-reactive ketones (excluding diaryl/α,β-unsaturated/α-hetero) is 1. The summed E-state index contributed by atoms with van der Waals surface area (Å²) in [5, 5.41) is 3.16. The van der Waals surface area contributed by atoms with E-state index < -0.39 is 0 Å². The number of hydrogen-bond donors (Lipinski definition) is 1. The summed E-state index contributed by atoms with van der Waals surface area (Å²) in [6.07, 6.45) is 5.66. The van der Waals surface area contributed by atoms with Gasteiger partial charge in [0, 0.05) is 23.9 Å². The van der Waals surface area contributed by atoms with Crippen LogP contribution in [0.3, 0.4) is 0 Å². The van der Waals surface area contributed by atoms with E-state index in [1.165, 1.54) is 0 Å². The molecule has 2 nitrogen and oxygen atoms in total. The highest BCUT2D eigenvalue weighted by Gasteiger charge is 2.13. The first-order valence-electron chi connectivity index (χ1n) is 5.40. The third-order valence-corrected chi connectivity index (χ3v) is 2.64. The molecule has 78 valence electrons. The minimum atomic E-state index is 0.296. The van der Waals surface area contributed by atoms with Crippen LogP contribution in [0, 0.1) is 0 Å². The topological polar surface area (TPSA) is 29.1 Å². The first-order chi connectivity index (χ1) is 7.36. The number of ketones is 1. The van der Waals surface area contributed by atoms with Gasteiger partial charge in [-0.25, -0.2) is 0 Å². The zero-order valence-electron chi connectivity index (χ0n) is 8.70. The van der Waals surface area contributed by atoms with E-state index in [4.69, 9.17) is 0 Å². The Morgan fingerprint density at radius 2 is 1.80 bits per heavy atom. The van der Waals surface area contributed by atoms with Crippen molar-refractivity contribution in [2.24, 2.45) is 0 Å². The maximum absolute atomic E-state index is 11.5. The molecule has 0 radical (unpaired) electrons. The van der Waals surface area contributed by atoms with Crippen LogP contribution in [0.25, 0.3) is 0 Å². The second kappa shape index (κ2) is 4.78. The van der Waals surface area contributed by atoms with E-state index in [2.05, 4.69) is 5.32 Å². The van der Waals surface area contributed by atoms with Gasteiger partial charge in [-0.1, -0.05) is 18.2 Å². The minimum absolute atomic E-state index is 0.296. The molecule has 0 aromatic heterocycles. The van der Waals surface area contributed by atoms with Gasteiger partial charge in [-0.15, -0.1) is 0 Å². The second-order valence-electron chi connectivity index (χ2n) is 3.81. The highest BCUT2D eigenvalue weighted by molar-refractivity contribution is 5.96. The largest absolute Gasteiger partial charge is 0.361 e. The van der Waals surface area contributed by atoms with Gasteiger partial charge in [0.2, 0.25) is 0 Å². The molecular formula is C13H15NO. The average Bonchev–Trinajstić information content (AvgIpc) is 2.29. The minimum Gasteiger partial charge on any atom is -0.361 e. The molecule has 1 saturated carbocycles. The summed E-state index contributed by atoms with van der Waals surface area (Å²) < 4.78 is 0. The van der Waals surface area contributed by atoms with Gasteiger partial charge in [0.25, 0.3) is 0 Å². The van der Waals surface area contributed by atoms with Crippen LogP contribution in [0.15, 0.2) is 42.1 Å². The van der Waals surface area contributed by atoms with Crippen LogP contribution >= 0.6 is 0 Å². The standard InChI is InChI=1S/C13H15NO/c15-13-9-5-4-6-11(13)10-14-12-7-2-1-3-8-12/h1-3,7-8,10,14H,4-6,9H2/b11-10+. The predicted octanol–water partition coefficient (Wildman–Crippen LogP) is 3.13. The van der Waals surface area contributed by atoms with E-state index >= 15 is 0 Å². The molecule has 0 saturated heterocycles. The van der Waals surface area contributed by atoms with Crippen molar-refractivity contribution in [1.29, 1.82) is 0 Å². The van der Waals surface area contributed by atoms with Gasteiger partial charge >= 0.3 is 0 Å². The van der Waals surface area contributed by atoms with E-state index in [9.17, 15) is 4.79 Å². The van der Waals surface area contributed by atoms with Gasteiger partial charge in [0.1, 0.15) is 0 Å². The molecule has 0 bridgehead atoms. The van der Waals surface area contributed by atoms with Crippen molar-refractivity contribution < 1.29 is 4.79 Å². The Morgan fingerprint density at radius 1 is 1.07 bits per heavy atom. The van der Waals surface area contributed by atoms with E-state index in [0.717, 1.165) is 30.5 Å². The summed E-state index contributed by atoms with van der Waals surface area (Å²) in [5.41, 5.74) is 1.97. The van der Waals surface area contributed by atoms with Gasteiger partial charge in [-0.3, -0.25) is 4.79 Å². The Hall–Kier alpha value is -1.57. The van der Waals surface area contributed by atoms with E-state index in [1.807, 2.05) is 36.5 Å². The summed E-state index contributed by atoms with van der Waals surface area (Å²) in [5.74, 6) is 0.296. The normalized spacial score (nSPS) is 19.2. The summed E-state index contributed by atoms with van der Waals surface area (Å²) >= 11 is 0. The zero-order chi connectivity index (χ0) is 10.5. The van der Waals surface area contributed by atoms with Crippen LogP contribution in [-0.2, 0) is 4.79 Å². The zero-order valence-corrected chi connectivity index (χ0v) is 8.70. The summed E-state index contributed by atoms with van der Waals surface area (Å²) in [7, 11) is 0. The summed E-state index contributed by atoms with van der Waals surface area (Å²) in [4.78, 5) is 11.5. The first-order valence-corrected chi connectivity index (χ1v) is 5.40. The second-order valence-corrected chi connectivity index (χ2v) is 3.81. The summed E-state index contributed by atoms with van der Waals surface area (Å²) in [6.45, 7) is 0. The lowest BCUT2D eigenvalue weighted by Gasteiger charge is -2.12. The predicted molar refractivity (Wildman–Crippen MR) is 61.6 cm³/mol. The van der Waals surface area contributed by atoms with Crippen LogP contribution in [-0.4, -0.2) is 5.78 Å². The van der Waals surface area contributed by atoms with Crippen molar-refractivity contribution in [2.75, 3.05) is 5.32 Å². The number of allylic oxidation sites excluding steroid dienone is 1. The molecule has 0 unspecified atom stereocenters. The molecule has 1 aromatic rings. The number of nitrogens with one attached hydrogen (secondary N) is 1. The smallest absolute Gasteiger partial charge is 0.160 e. The maximum Gasteiger partial charge on any atom is 0.160 e. The third-order valence-electron chi connectivity index (χ3n) is 2.64. The molecule has 1 N–H and O–H groups in total. The van der Waals surface area contributed by atoms with Gasteiger partial charge < -0.3 is 5.32 Å². The summed E-state index contributed by atoms with van der Waals surface area (Å²) in [6, 6.07) is 9.91. The van der Waals surface area contributed by atoms with Crippen LogP contribution in [0.5, 0.6) is 0 Å². The van der Waals surface area contributed by atoms with Gasteiger partial charge in [-0.05, 0) is 31.4 Å². The fourth-order valence-electron chi connectivity index (χ4n) is 1.76. The molecule has 0 aliphatic heterocycles. The van der Waals surface area contributed by atoms with Crippen LogP contribution < -0.4 is 5.32 Å². The fourth-order valence-corrected chi connectivity index (χ4v) is 1.76. The number of carbonyl (C=O) groups is 1. The van der Waals surface area contributed by atoms with Crippen molar-refractivity contribution in [3.63, 3.8) is 0 Å². The third kappa shape index (κ3) is 2.69. The molecule has 1 aliphatic carbocycles. The van der Waals surface area contributed by atoms with Crippen LogP contribution in [0.2, 0.25) is 0 Å². The van der Waals surface area contributed by atoms with Crippen molar-refractivity contribution >= 4 is 11.5 Å². The fraction of sp³-hybridized carbons (Fsp3) is 0.308. The monoisotopic (exact) mass is 201 g/mol. The molecule has 2 rings (SSSR count). The molecule has 0 spiro atoms. The molecule has 0 atom stereocenters. The van der Waals surface area contributed by atoms with E-state index in [0.29, 0.717) is 12.2 Å². The number of hydrogen-bond acceptors (Lipinski definition) is 2. The Bertz CT molecular complexity index is 367. The van der Waals surface area contributed by atoms with Gasteiger partial charge in [0.15, 0.2) is 5.78 Å². The lowest BCUT2D eigenvalue weighted by Crippen LogP contribution is -2.09. The molecule has 0 amide bonds. The van der Waals surface area contributed by atoms with Crippen molar-refractivity contribution in [3.05, 3.63) is 42.1 Å². The number of rotatable bonds is 2. The molecule has 2 heteroatoms. The van der Waals surface area contributed by atoms with Crippen molar-refractivity contribution in [3.8, 4) is 0 Å². The molecular weight excluding hydrogens is 186 g/mol. The lowest BCUT2D eigenvalue weighted by atomic mass is 9.94. The lowest BCUT2D eigenvalue weighted by molar-refractivity contribution is -0.116. The first kappa shape index (κ1) is 9.97. The highest BCUT2D eigenvalue weighted by atomic mass is 16.1. The Morgan fingerprint density at radius 3 is 2.53 bits per heavy atom. The molecule has 1 aliphatic rings. The van der Waals surface area contributed by atoms with Crippen molar-refractivity contribution in [2.45, 2.75) is 25.7 Å². The number of benzene rings is 1. The Kier molecular flexibility index (Phi) is 3.18. The van der Waals surface area contributed by atoms with Crippen LogP contribution in [0.1, 0.15) is 25.7 Å². The Balaban J connectivity index is 2.01. The Labute approximate surface area is 90.0 Å². The van der Waals surface area contributed by atoms with E-state index in [1.54, 1.807) is 0 Å². The highest BCUT2D eigenvalue weighted by Crippen LogP contribution is 2.19. The molecule has 1 fully saturated rings. The maximum atomic E-state index is 11.5. The van der Waals surface area contributed by atoms with Crippen LogP contribution in [0.4, 0.5) is 5.69 Å². The average molecular weight is 201 g/mol. The van der Waals surface area contributed by atoms with Crippen molar-refractivity contribution in [1.82, 2.24) is 0 Å². The molecule has 1 aromatic carbocycles. The number of anilines is 1. The van der Waals surface area contributed by atoms with Gasteiger partial charge in [0.05, 0.1) is 0 Å². The SMILES string of the molecule is O=C1CCCC/C1=C\Nc1ccccc1. The molecule has 0 heterocycles. The molecule has 15 heavy (non-hydrogen) atoms. The number of carbonyl (C=O) groups excluding carboxylic acids is 1. The number of para-hydroxylation sites is 1. The van der Waals surface area contributed by atoms with Gasteiger partial charge in [-0.2, -0.15) is 0 Å².